The lowest BCUT2D eigenvalue weighted by atomic mass is 10.3. The molecule has 0 radical (unpaired) electrons. The molecule has 0 atom stereocenters. The van der Waals surface area contributed by atoms with Crippen molar-refractivity contribution in [3.63, 3.8) is 0 Å². The Morgan fingerprint density at radius 2 is 2.06 bits per heavy atom. The van der Waals surface area contributed by atoms with Crippen LogP contribution in [0, 0.1) is 0 Å². The summed E-state index contributed by atoms with van der Waals surface area (Å²) in [6.45, 7) is 0.363. The maximum absolute atomic E-state index is 11.2. The van der Waals surface area contributed by atoms with Gasteiger partial charge in [0.15, 0.2) is 0 Å². The van der Waals surface area contributed by atoms with E-state index < -0.39 is 5.97 Å². The molecular formula is C10H9BrCl2O3. The van der Waals surface area contributed by atoms with Gasteiger partial charge in [-0.05, 0) is 12.1 Å². The van der Waals surface area contributed by atoms with E-state index >= 15 is 0 Å². The van der Waals surface area contributed by atoms with Crippen molar-refractivity contribution in [1.82, 2.24) is 0 Å². The molecule has 1 aromatic rings. The van der Waals surface area contributed by atoms with E-state index in [4.69, 9.17) is 32.7 Å². The van der Waals surface area contributed by atoms with Gasteiger partial charge in [0, 0.05) is 11.4 Å². The summed E-state index contributed by atoms with van der Waals surface area (Å²) < 4.78 is 9.96. The molecule has 0 saturated heterocycles. The monoisotopic (exact) mass is 326 g/mol. The first-order valence-electron chi connectivity index (χ1n) is 4.43. The number of rotatable bonds is 5. The van der Waals surface area contributed by atoms with E-state index in [0.717, 1.165) is 0 Å². The topological polar surface area (TPSA) is 35.5 Å². The molecule has 1 aromatic carbocycles. The van der Waals surface area contributed by atoms with E-state index in [1.54, 1.807) is 12.1 Å². The van der Waals surface area contributed by atoms with Gasteiger partial charge in [-0.2, -0.15) is 0 Å². The number of hydrogen-bond donors (Lipinski definition) is 0. The SMILES string of the molecule is O=C(COCCBr)Oc1ccc(Cl)c(Cl)c1. The van der Waals surface area contributed by atoms with E-state index in [1.807, 2.05) is 0 Å². The van der Waals surface area contributed by atoms with Gasteiger partial charge in [-0.15, -0.1) is 0 Å². The first kappa shape index (κ1) is 13.8. The fourth-order valence-electron chi connectivity index (χ4n) is 0.911. The van der Waals surface area contributed by atoms with Gasteiger partial charge < -0.3 is 9.47 Å². The summed E-state index contributed by atoms with van der Waals surface area (Å²) in [5, 5.41) is 1.43. The molecule has 0 bridgehead atoms. The largest absolute Gasteiger partial charge is 0.425 e. The van der Waals surface area contributed by atoms with E-state index in [2.05, 4.69) is 15.9 Å². The summed E-state index contributed by atoms with van der Waals surface area (Å²) in [6.07, 6.45) is 0. The summed E-state index contributed by atoms with van der Waals surface area (Å²) in [7, 11) is 0. The number of esters is 1. The maximum atomic E-state index is 11.2. The van der Waals surface area contributed by atoms with Crippen molar-refractivity contribution in [2.75, 3.05) is 18.5 Å². The Morgan fingerprint density at radius 1 is 1.31 bits per heavy atom. The van der Waals surface area contributed by atoms with Crippen molar-refractivity contribution in [3.8, 4) is 5.75 Å². The molecule has 1 rings (SSSR count). The average molecular weight is 328 g/mol. The average Bonchev–Trinajstić information content (AvgIpc) is 2.24. The van der Waals surface area contributed by atoms with E-state index in [0.29, 0.717) is 27.7 Å². The molecule has 0 N–H and O–H groups in total. The van der Waals surface area contributed by atoms with Gasteiger partial charge in [-0.3, -0.25) is 0 Å². The van der Waals surface area contributed by atoms with Crippen LogP contribution in [0.2, 0.25) is 10.0 Å². The second-order valence-corrected chi connectivity index (χ2v) is 4.40. The van der Waals surface area contributed by atoms with E-state index in [9.17, 15) is 4.79 Å². The molecule has 0 aromatic heterocycles. The number of carbonyl (C=O) groups excluding carboxylic acids is 1. The Bertz CT molecular complexity index is 371. The van der Waals surface area contributed by atoms with Crippen LogP contribution in [0.3, 0.4) is 0 Å². The van der Waals surface area contributed by atoms with Crippen LogP contribution in [-0.4, -0.2) is 24.5 Å². The molecule has 0 amide bonds. The Labute approximate surface area is 112 Å². The maximum Gasteiger partial charge on any atom is 0.337 e. The van der Waals surface area contributed by atoms with Crippen LogP contribution in [0.15, 0.2) is 18.2 Å². The van der Waals surface area contributed by atoms with Crippen molar-refractivity contribution in [2.24, 2.45) is 0 Å². The minimum Gasteiger partial charge on any atom is -0.425 e. The molecule has 0 heterocycles. The van der Waals surface area contributed by atoms with Crippen molar-refractivity contribution >= 4 is 45.1 Å². The third-order valence-electron chi connectivity index (χ3n) is 1.56. The fraction of sp³-hybridized carbons (Fsp3) is 0.300. The van der Waals surface area contributed by atoms with Gasteiger partial charge in [0.05, 0.1) is 16.7 Å². The Hall–Kier alpha value is -0.290. The fourth-order valence-corrected chi connectivity index (χ4v) is 1.43. The first-order valence-corrected chi connectivity index (χ1v) is 6.30. The number of carbonyl (C=O) groups is 1. The van der Waals surface area contributed by atoms with Crippen LogP contribution in [0.1, 0.15) is 0 Å². The third-order valence-corrected chi connectivity index (χ3v) is 2.63. The lowest BCUT2D eigenvalue weighted by Gasteiger charge is -2.05. The molecular weight excluding hydrogens is 319 g/mol. The Balaban J connectivity index is 2.46. The second kappa shape index (κ2) is 7.12. The predicted molar refractivity (Wildman–Crippen MR) is 66.7 cm³/mol. The summed E-state index contributed by atoms with van der Waals surface area (Å²) in [6, 6.07) is 4.61. The quantitative estimate of drug-likeness (QED) is 0.360. The Kier molecular flexibility index (Phi) is 6.13. The van der Waals surface area contributed by atoms with Crippen molar-refractivity contribution in [1.29, 1.82) is 0 Å². The number of benzene rings is 1. The van der Waals surface area contributed by atoms with Gasteiger partial charge in [0.1, 0.15) is 12.4 Å². The van der Waals surface area contributed by atoms with Gasteiger partial charge in [-0.25, -0.2) is 4.79 Å². The number of halogens is 3. The predicted octanol–water partition coefficient (Wildman–Crippen LogP) is 3.31. The highest BCUT2D eigenvalue weighted by Crippen LogP contribution is 2.26. The van der Waals surface area contributed by atoms with Crippen LogP contribution < -0.4 is 4.74 Å². The van der Waals surface area contributed by atoms with Gasteiger partial charge in [0.25, 0.3) is 0 Å². The lowest BCUT2D eigenvalue weighted by Crippen LogP contribution is -2.16. The lowest BCUT2D eigenvalue weighted by molar-refractivity contribution is -0.139. The zero-order chi connectivity index (χ0) is 12.0. The molecule has 0 unspecified atom stereocenters. The zero-order valence-corrected chi connectivity index (χ0v) is 11.3. The molecule has 0 spiro atoms. The molecule has 0 aliphatic carbocycles. The van der Waals surface area contributed by atoms with E-state index in [1.165, 1.54) is 6.07 Å². The highest BCUT2D eigenvalue weighted by Gasteiger charge is 2.06. The normalized spacial score (nSPS) is 10.2. The van der Waals surface area contributed by atoms with Crippen LogP contribution in [0.5, 0.6) is 5.75 Å². The van der Waals surface area contributed by atoms with Gasteiger partial charge in [0.2, 0.25) is 0 Å². The smallest absolute Gasteiger partial charge is 0.337 e. The van der Waals surface area contributed by atoms with Crippen LogP contribution in [-0.2, 0) is 9.53 Å². The molecule has 0 aliphatic rings. The number of ether oxygens (including phenoxy) is 2. The van der Waals surface area contributed by atoms with Crippen molar-refractivity contribution < 1.29 is 14.3 Å². The summed E-state index contributed by atoms with van der Waals surface area (Å²) in [5.74, 6) is -0.124. The molecule has 16 heavy (non-hydrogen) atoms. The van der Waals surface area contributed by atoms with Crippen molar-refractivity contribution in [3.05, 3.63) is 28.2 Å². The molecule has 6 heteroatoms. The number of hydrogen-bond acceptors (Lipinski definition) is 3. The van der Waals surface area contributed by atoms with Gasteiger partial charge >= 0.3 is 5.97 Å². The molecule has 3 nitrogen and oxygen atoms in total. The van der Waals surface area contributed by atoms with Crippen molar-refractivity contribution in [2.45, 2.75) is 0 Å². The van der Waals surface area contributed by atoms with Gasteiger partial charge in [-0.1, -0.05) is 39.1 Å². The summed E-state index contributed by atoms with van der Waals surface area (Å²) in [4.78, 5) is 11.2. The van der Waals surface area contributed by atoms with E-state index in [-0.39, 0.29) is 6.61 Å². The highest BCUT2D eigenvalue weighted by molar-refractivity contribution is 9.09. The summed E-state index contributed by atoms with van der Waals surface area (Å²) in [5.41, 5.74) is 0. The molecule has 0 saturated carbocycles. The number of alkyl halides is 1. The third kappa shape index (κ3) is 4.70. The van der Waals surface area contributed by atoms with Crippen LogP contribution in [0.4, 0.5) is 0 Å². The minimum atomic E-state index is -0.473. The first-order chi connectivity index (χ1) is 7.63. The second-order valence-electron chi connectivity index (χ2n) is 2.79. The standard InChI is InChI=1S/C10H9BrCl2O3/c11-3-4-15-6-10(14)16-7-1-2-8(12)9(13)5-7/h1-2,5H,3-4,6H2. The van der Waals surface area contributed by atoms with Crippen LogP contribution in [0.25, 0.3) is 0 Å². The minimum absolute atomic E-state index is 0.0914. The molecule has 0 fully saturated rings. The molecule has 0 aliphatic heterocycles. The zero-order valence-electron chi connectivity index (χ0n) is 8.21. The summed E-state index contributed by atoms with van der Waals surface area (Å²) >= 11 is 14.7. The van der Waals surface area contributed by atoms with Crippen LogP contribution >= 0.6 is 39.1 Å². The molecule has 88 valence electrons. The highest BCUT2D eigenvalue weighted by atomic mass is 79.9. The Morgan fingerprint density at radius 3 is 2.69 bits per heavy atom.